The number of hydrogen-bond acceptors (Lipinski definition) is 4. The summed E-state index contributed by atoms with van der Waals surface area (Å²) in [6.07, 6.45) is 5.34. The number of anilines is 1. The molecular weight excluding hydrogens is 324 g/mol. The van der Waals surface area contributed by atoms with Crippen LogP contribution >= 0.6 is 11.3 Å². The Bertz CT molecular complexity index is 868. The maximum Gasteiger partial charge on any atom is 0.243 e. The molecule has 1 aliphatic rings. The van der Waals surface area contributed by atoms with Crippen LogP contribution in [0.1, 0.15) is 12.8 Å². The van der Waals surface area contributed by atoms with E-state index < -0.39 is 0 Å². The van der Waals surface area contributed by atoms with Crippen LogP contribution in [0.15, 0.2) is 42.0 Å². The topological polar surface area (TPSA) is 66.7 Å². The van der Waals surface area contributed by atoms with Crippen LogP contribution in [0.25, 0.3) is 16.2 Å². The van der Waals surface area contributed by atoms with Gasteiger partial charge in [-0.05, 0) is 18.6 Å². The van der Waals surface area contributed by atoms with Crippen LogP contribution in [-0.4, -0.2) is 39.2 Å². The van der Waals surface area contributed by atoms with Crippen LogP contribution in [0.3, 0.4) is 0 Å². The fraction of sp³-hybridized carbons (Fsp3) is 0.235. The molecule has 0 saturated carbocycles. The fourth-order valence-corrected chi connectivity index (χ4v) is 3.54. The molecule has 1 fully saturated rings. The molecule has 1 saturated heterocycles. The molecule has 1 aromatic carbocycles. The van der Waals surface area contributed by atoms with E-state index in [2.05, 4.69) is 10.3 Å². The lowest BCUT2D eigenvalue weighted by molar-refractivity contribution is -0.131. The lowest BCUT2D eigenvalue weighted by Crippen LogP contribution is -2.33. The smallest absolute Gasteiger partial charge is 0.243 e. The number of hydrogen-bond donors (Lipinski definition) is 1. The summed E-state index contributed by atoms with van der Waals surface area (Å²) in [6.45, 7) is 0.792. The number of fused-ring (bicyclic) bond motifs is 1. The van der Waals surface area contributed by atoms with Gasteiger partial charge in [-0.25, -0.2) is 4.98 Å². The third-order valence-electron chi connectivity index (χ3n) is 4.06. The van der Waals surface area contributed by atoms with E-state index in [1.807, 2.05) is 46.4 Å². The number of imidazole rings is 1. The molecule has 2 aromatic heterocycles. The molecule has 3 heterocycles. The zero-order chi connectivity index (χ0) is 16.5. The van der Waals surface area contributed by atoms with E-state index in [4.69, 9.17) is 0 Å². The fourth-order valence-electron chi connectivity index (χ4n) is 2.84. The van der Waals surface area contributed by atoms with E-state index in [1.54, 1.807) is 16.2 Å². The number of benzene rings is 1. The first kappa shape index (κ1) is 14.9. The van der Waals surface area contributed by atoms with Crippen molar-refractivity contribution in [2.24, 2.45) is 0 Å². The van der Waals surface area contributed by atoms with Gasteiger partial charge in [0.25, 0.3) is 0 Å². The van der Waals surface area contributed by atoms with E-state index in [1.165, 1.54) is 0 Å². The Labute approximate surface area is 142 Å². The first-order valence-corrected chi connectivity index (χ1v) is 8.67. The van der Waals surface area contributed by atoms with Crippen molar-refractivity contribution >= 4 is 33.8 Å². The number of nitrogens with zero attached hydrogens (tertiary/aromatic N) is 3. The molecule has 6 nitrogen and oxygen atoms in total. The van der Waals surface area contributed by atoms with Gasteiger partial charge in [0.15, 0.2) is 4.96 Å². The van der Waals surface area contributed by atoms with Crippen LogP contribution in [0, 0.1) is 0 Å². The zero-order valence-electron chi connectivity index (χ0n) is 12.9. The van der Waals surface area contributed by atoms with Crippen LogP contribution in [0.2, 0.25) is 0 Å². The quantitative estimate of drug-likeness (QED) is 0.794. The molecule has 3 aromatic rings. The van der Waals surface area contributed by atoms with Gasteiger partial charge in [0.05, 0.1) is 12.2 Å². The average molecular weight is 340 g/mol. The van der Waals surface area contributed by atoms with Crippen LogP contribution in [-0.2, 0) is 9.59 Å². The van der Waals surface area contributed by atoms with Gasteiger partial charge < -0.3 is 10.2 Å². The summed E-state index contributed by atoms with van der Waals surface area (Å²) in [7, 11) is 0. The summed E-state index contributed by atoms with van der Waals surface area (Å²) in [5, 5.41) is 4.83. The third-order valence-corrected chi connectivity index (χ3v) is 4.83. The average Bonchev–Trinajstić information content (AvgIpc) is 3.25. The summed E-state index contributed by atoms with van der Waals surface area (Å²) < 4.78 is 1.99. The molecule has 0 atom stereocenters. The van der Waals surface area contributed by atoms with Gasteiger partial charge in [0, 0.05) is 42.0 Å². The molecular formula is C17H16N4O2S. The minimum absolute atomic E-state index is 0.0558. The van der Waals surface area contributed by atoms with Crippen LogP contribution < -0.4 is 5.32 Å². The third kappa shape index (κ3) is 2.90. The normalized spacial score (nSPS) is 14.5. The maximum absolute atomic E-state index is 12.0. The first-order chi connectivity index (χ1) is 11.7. The van der Waals surface area contributed by atoms with Gasteiger partial charge in [-0.2, -0.15) is 0 Å². The summed E-state index contributed by atoms with van der Waals surface area (Å²) in [5.41, 5.74) is 2.62. The SMILES string of the molecule is O=C(CN1CCCC1=O)Nc1ccc(-c2cn3ccsc3n2)cc1. The van der Waals surface area contributed by atoms with Crippen molar-refractivity contribution in [2.75, 3.05) is 18.4 Å². The predicted molar refractivity (Wildman–Crippen MR) is 92.9 cm³/mol. The van der Waals surface area contributed by atoms with Crippen molar-refractivity contribution in [2.45, 2.75) is 12.8 Å². The Morgan fingerprint density at radius 3 is 2.83 bits per heavy atom. The molecule has 2 amide bonds. The van der Waals surface area contributed by atoms with E-state index in [-0.39, 0.29) is 18.4 Å². The van der Waals surface area contributed by atoms with Crippen LogP contribution in [0.5, 0.6) is 0 Å². The van der Waals surface area contributed by atoms with E-state index in [0.717, 1.165) is 28.3 Å². The van der Waals surface area contributed by atoms with Gasteiger partial charge in [-0.3, -0.25) is 14.0 Å². The van der Waals surface area contributed by atoms with Crippen molar-refractivity contribution < 1.29 is 9.59 Å². The second-order valence-electron chi connectivity index (χ2n) is 5.76. The highest BCUT2D eigenvalue weighted by Crippen LogP contribution is 2.23. The van der Waals surface area contributed by atoms with Crippen molar-refractivity contribution in [1.29, 1.82) is 0 Å². The minimum atomic E-state index is -0.166. The molecule has 0 unspecified atom stereocenters. The van der Waals surface area contributed by atoms with E-state index >= 15 is 0 Å². The lowest BCUT2D eigenvalue weighted by Gasteiger charge is -2.15. The number of amides is 2. The zero-order valence-corrected chi connectivity index (χ0v) is 13.8. The number of carbonyl (C=O) groups excluding carboxylic acids is 2. The highest BCUT2D eigenvalue weighted by atomic mass is 32.1. The standard InChI is InChI=1S/C17H16N4O2S/c22-15(11-20-7-1-2-16(20)23)18-13-5-3-12(4-6-13)14-10-21-8-9-24-17(21)19-14/h3-6,8-10H,1-2,7,11H2,(H,18,22). The van der Waals surface area contributed by atoms with Crippen molar-refractivity contribution in [3.63, 3.8) is 0 Å². The van der Waals surface area contributed by atoms with Gasteiger partial charge in [0.1, 0.15) is 0 Å². The van der Waals surface area contributed by atoms with Crippen molar-refractivity contribution in [3.8, 4) is 11.3 Å². The van der Waals surface area contributed by atoms with Crippen molar-refractivity contribution in [3.05, 3.63) is 42.0 Å². The number of thiazole rings is 1. The number of aromatic nitrogens is 2. The Morgan fingerprint density at radius 2 is 2.12 bits per heavy atom. The highest BCUT2D eigenvalue weighted by molar-refractivity contribution is 7.15. The Morgan fingerprint density at radius 1 is 1.29 bits per heavy atom. The summed E-state index contributed by atoms with van der Waals surface area (Å²) in [5.74, 6) is -0.110. The Kier molecular flexibility index (Phi) is 3.78. The summed E-state index contributed by atoms with van der Waals surface area (Å²) in [4.78, 5) is 30.7. The van der Waals surface area contributed by atoms with E-state index in [9.17, 15) is 9.59 Å². The van der Waals surface area contributed by atoms with Gasteiger partial charge >= 0.3 is 0 Å². The van der Waals surface area contributed by atoms with Gasteiger partial charge in [0.2, 0.25) is 11.8 Å². The monoisotopic (exact) mass is 340 g/mol. The van der Waals surface area contributed by atoms with Crippen LogP contribution in [0.4, 0.5) is 5.69 Å². The molecule has 4 rings (SSSR count). The molecule has 24 heavy (non-hydrogen) atoms. The number of nitrogens with one attached hydrogen (secondary N) is 1. The molecule has 0 spiro atoms. The molecule has 1 N–H and O–H groups in total. The summed E-state index contributed by atoms with van der Waals surface area (Å²) >= 11 is 1.59. The minimum Gasteiger partial charge on any atom is -0.333 e. The summed E-state index contributed by atoms with van der Waals surface area (Å²) in [6, 6.07) is 7.57. The second-order valence-corrected chi connectivity index (χ2v) is 6.64. The maximum atomic E-state index is 12.0. The van der Waals surface area contributed by atoms with Crippen molar-refractivity contribution in [1.82, 2.24) is 14.3 Å². The second kappa shape index (κ2) is 6.09. The predicted octanol–water partition coefficient (Wildman–Crippen LogP) is 2.62. The Balaban J connectivity index is 1.42. The molecule has 1 aliphatic heterocycles. The number of rotatable bonds is 4. The molecule has 122 valence electrons. The van der Waals surface area contributed by atoms with Gasteiger partial charge in [-0.1, -0.05) is 12.1 Å². The first-order valence-electron chi connectivity index (χ1n) is 7.79. The van der Waals surface area contributed by atoms with E-state index in [0.29, 0.717) is 13.0 Å². The molecule has 0 radical (unpaired) electrons. The molecule has 7 heteroatoms. The highest BCUT2D eigenvalue weighted by Gasteiger charge is 2.22. The molecule has 0 aliphatic carbocycles. The molecule has 0 bridgehead atoms. The number of likely N-dealkylation sites (tertiary alicyclic amines) is 1. The number of carbonyl (C=O) groups is 2. The lowest BCUT2D eigenvalue weighted by atomic mass is 10.1. The van der Waals surface area contributed by atoms with Gasteiger partial charge in [-0.15, -0.1) is 11.3 Å². The Hall–Kier alpha value is -2.67. The largest absolute Gasteiger partial charge is 0.333 e.